The van der Waals surface area contributed by atoms with Crippen molar-refractivity contribution in [2.45, 2.75) is 22.6 Å². The van der Waals surface area contributed by atoms with Crippen LogP contribution in [0.4, 0.5) is 17.6 Å². The van der Waals surface area contributed by atoms with E-state index in [0.717, 1.165) is 24.6 Å². The van der Waals surface area contributed by atoms with E-state index in [1.165, 1.54) is 12.1 Å². The molecular weight excluding hydrogens is 666 g/mol. The van der Waals surface area contributed by atoms with E-state index < -0.39 is 82.4 Å². The molecule has 0 atom stereocenters. The summed E-state index contributed by atoms with van der Waals surface area (Å²) >= 11 is 0. The van der Waals surface area contributed by atoms with E-state index in [-0.39, 0.29) is 11.1 Å². The van der Waals surface area contributed by atoms with E-state index in [2.05, 4.69) is 4.99 Å². The van der Waals surface area contributed by atoms with E-state index in [4.69, 9.17) is 16.6 Å². The Balaban J connectivity index is 0.000000257. The number of carbonyl (C=O) groups excluding carboxylic acids is 1. The Bertz CT molecular complexity index is 2050. The molecule has 0 unspecified atom stereocenters. The third-order valence-electron chi connectivity index (χ3n) is 6.43. The molecular formula is C31H27F4N3O7S2. The monoisotopic (exact) mass is 693 g/mol. The van der Waals surface area contributed by atoms with Crippen LogP contribution in [0.15, 0.2) is 99.7 Å². The minimum absolute atomic E-state index is 0.0587. The van der Waals surface area contributed by atoms with Crippen LogP contribution in [0.25, 0.3) is 22.3 Å². The molecule has 0 aromatic heterocycles. The number of rotatable bonds is 8. The van der Waals surface area contributed by atoms with Crippen molar-refractivity contribution >= 4 is 37.5 Å². The summed E-state index contributed by atoms with van der Waals surface area (Å²) in [5.41, 5.74) is 8.00. The molecule has 0 fully saturated rings. The van der Waals surface area contributed by atoms with Crippen LogP contribution in [0.2, 0.25) is 0 Å². The molecule has 0 spiro atoms. The van der Waals surface area contributed by atoms with Crippen LogP contribution in [0.1, 0.15) is 44.7 Å². The van der Waals surface area contributed by atoms with Crippen molar-refractivity contribution in [2.75, 3.05) is 12.5 Å². The molecule has 4 rings (SSSR count). The van der Waals surface area contributed by atoms with Crippen molar-refractivity contribution < 1.29 is 49.1 Å². The van der Waals surface area contributed by atoms with Gasteiger partial charge in [0.05, 0.1) is 26.5 Å². The molecule has 0 bridgehead atoms. The summed E-state index contributed by atoms with van der Waals surface area (Å²) in [5.74, 6) is -3.35. The molecule has 0 aliphatic rings. The SMILES string of the molecule is CS(=O)(=O)c1c(-c2ccccc2)ccc(C(=O)N=C(N)N)c1C(F)F.CS(=O)(=O)c1c(-c2ccccc2)ccc(C(=O)O)c1C(F)F. The highest BCUT2D eigenvalue weighted by Crippen LogP contribution is 2.39. The molecule has 10 nitrogen and oxygen atoms in total. The third-order valence-corrected chi connectivity index (χ3v) is 8.79. The van der Waals surface area contributed by atoms with Crippen molar-refractivity contribution in [1.82, 2.24) is 0 Å². The second-order valence-electron chi connectivity index (χ2n) is 9.83. The van der Waals surface area contributed by atoms with E-state index in [1.54, 1.807) is 60.7 Å². The summed E-state index contributed by atoms with van der Waals surface area (Å²) in [6.07, 6.45) is -4.86. The summed E-state index contributed by atoms with van der Waals surface area (Å²) in [7, 11) is -8.14. The van der Waals surface area contributed by atoms with E-state index in [1.807, 2.05) is 0 Å². The lowest BCUT2D eigenvalue weighted by Gasteiger charge is -2.16. The quantitative estimate of drug-likeness (QED) is 0.122. The van der Waals surface area contributed by atoms with Gasteiger partial charge in [-0.25, -0.2) is 39.2 Å². The third kappa shape index (κ3) is 8.59. The Morgan fingerprint density at radius 3 is 1.32 bits per heavy atom. The normalized spacial score (nSPS) is 11.5. The van der Waals surface area contributed by atoms with Gasteiger partial charge in [-0.05, 0) is 23.3 Å². The van der Waals surface area contributed by atoms with E-state index in [0.29, 0.717) is 11.1 Å². The number of nitrogens with two attached hydrogens (primary N) is 2. The zero-order valence-corrected chi connectivity index (χ0v) is 26.2. The van der Waals surface area contributed by atoms with Crippen LogP contribution < -0.4 is 11.5 Å². The van der Waals surface area contributed by atoms with Gasteiger partial charge in [-0.15, -0.1) is 0 Å². The molecule has 1 amide bonds. The number of benzene rings is 4. The largest absolute Gasteiger partial charge is 0.478 e. The van der Waals surface area contributed by atoms with Crippen molar-refractivity contribution in [2.24, 2.45) is 16.5 Å². The molecule has 0 aliphatic heterocycles. The highest BCUT2D eigenvalue weighted by Gasteiger charge is 2.31. The highest BCUT2D eigenvalue weighted by atomic mass is 32.2. The molecule has 47 heavy (non-hydrogen) atoms. The molecule has 248 valence electrons. The fourth-order valence-corrected chi connectivity index (χ4v) is 7.04. The molecule has 4 aromatic carbocycles. The maximum Gasteiger partial charge on any atom is 0.336 e. The topological polar surface area (TPSA) is 187 Å². The maximum atomic E-state index is 13.7. The first-order chi connectivity index (χ1) is 21.9. The molecule has 5 N–H and O–H groups in total. The first kappa shape index (κ1) is 36.4. The van der Waals surface area contributed by atoms with Crippen molar-refractivity contribution in [1.29, 1.82) is 0 Å². The van der Waals surface area contributed by atoms with Crippen LogP contribution in [0, 0.1) is 0 Å². The van der Waals surface area contributed by atoms with Crippen LogP contribution in [0.5, 0.6) is 0 Å². The van der Waals surface area contributed by atoms with Crippen molar-refractivity contribution in [3.63, 3.8) is 0 Å². The molecule has 16 heteroatoms. The lowest BCUT2D eigenvalue weighted by atomic mass is 9.98. The number of guanidine groups is 1. The summed E-state index contributed by atoms with van der Waals surface area (Å²) < 4.78 is 103. The van der Waals surface area contributed by atoms with Gasteiger partial charge in [0.15, 0.2) is 25.6 Å². The van der Waals surface area contributed by atoms with Crippen LogP contribution in [0.3, 0.4) is 0 Å². The zero-order chi connectivity index (χ0) is 35.3. The molecule has 4 aromatic rings. The molecule has 0 saturated heterocycles. The number of carbonyl (C=O) groups is 2. The van der Waals surface area contributed by atoms with Crippen molar-refractivity contribution in [3.8, 4) is 22.3 Å². The fourth-order valence-electron chi connectivity index (χ4n) is 4.67. The minimum atomic E-state index is -4.08. The van der Waals surface area contributed by atoms with Gasteiger partial charge in [0.25, 0.3) is 18.8 Å². The average Bonchev–Trinajstić information content (AvgIpc) is 2.99. The lowest BCUT2D eigenvalue weighted by molar-refractivity contribution is 0.0683. The highest BCUT2D eigenvalue weighted by molar-refractivity contribution is 7.91. The van der Waals surface area contributed by atoms with Crippen LogP contribution in [-0.4, -0.2) is 52.3 Å². The maximum absolute atomic E-state index is 13.7. The Morgan fingerprint density at radius 2 is 1.00 bits per heavy atom. The van der Waals surface area contributed by atoms with Gasteiger partial charge in [0.1, 0.15) is 0 Å². The second kappa shape index (κ2) is 14.6. The molecule has 0 saturated carbocycles. The number of amides is 1. The van der Waals surface area contributed by atoms with Gasteiger partial charge in [-0.2, -0.15) is 4.99 Å². The van der Waals surface area contributed by atoms with Gasteiger partial charge >= 0.3 is 5.97 Å². The number of carboxylic acid groups (broad SMARTS) is 1. The number of aromatic carboxylic acids is 1. The Hall–Kier alpha value is -5.09. The first-order valence-electron chi connectivity index (χ1n) is 13.1. The number of hydrogen-bond donors (Lipinski definition) is 3. The molecule has 0 radical (unpaired) electrons. The van der Waals surface area contributed by atoms with E-state index in [9.17, 15) is 44.0 Å². The zero-order valence-electron chi connectivity index (χ0n) is 24.6. The van der Waals surface area contributed by atoms with Gasteiger partial charge in [0.2, 0.25) is 0 Å². The van der Waals surface area contributed by atoms with Gasteiger partial charge in [0, 0.05) is 29.2 Å². The number of carboxylic acids is 1. The molecule has 0 aliphatic carbocycles. The molecule has 0 heterocycles. The van der Waals surface area contributed by atoms with Gasteiger partial charge in [-0.1, -0.05) is 72.8 Å². The first-order valence-corrected chi connectivity index (χ1v) is 16.9. The fraction of sp³-hybridized carbons (Fsp3) is 0.129. The minimum Gasteiger partial charge on any atom is -0.478 e. The lowest BCUT2D eigenvalue weighted by Crippen LogP contribution is -2.24. The summed E-state index contributed by atoms with van der Waals surface area (Å²) in [6, 6.07) is 20.9. The number of hydrogen-bond acceptors (Lipinski definition) is 6. The van der Waals surface area contributed by atoms with Crippen molar-refractivity contribution in [3.05, 3.63) is 107 Å². The number of alkyl halides is 4. The summed E-state index contributed by atoms with van der Waals surface area (Å²) in [5, 5.41) is 9.04. The number of nitrogens with zero attached hydrogens (tertiary/aromatic N) is 1. The number of aliphatic imine (C=N–C) groups is 1. The van der Waals surface area contributed by atoms with Crippen LogP contribution >= 0.6 is 0 Å². The average molecular weight is 694 g/mol. The number of sulfone groups is 2. The standard InChI is InChI=1S/C16H15F2N3O3S.C15H12F2O4S/c1-25(23,24)13-10(9-5-3-2-4-6-9)7-8-11(12(13)14(17)18)15(22)21-16(19)20;1-22(20,21)13-10(9-5-3-2-4-6-9)7-8-11(15(18)19)12(13)14(16)17/h2-8,14H,1H3,(H4,19,20,21,22);2-8,14H,1H3,(H,18,19). The van der Waals surface area contributed by atoms with Crippen LogP contribution in [-0.2, 0) is 19.7 Å². The smallest absolute Gasteiger partial charge is 0.336 e. The predicted molar refractivity (Wildman–Crippen MR) is 167 cm³/mol. The second-order valence-corrected chi connectivity index (χ2v) is 13.7. The number of halogens is 4. The Morgan fingerprint density at radius 1 is 0.638 bits per heavy atom. The van der Waals surface area contributed by atoms with Gasteiger partial charge < -0.3 is 16.6 Å². The summed E-state index contributed by atoms with van der Waals surface area (Å²) in [6.45, 7) is 0. The predicted octanol–water partition coefficient (Wildman–Crippen LogP) is 5.50. The summed E-state index contributed by atoms with van der Waals surface area (Å²) in [4.78, 5) is 25.1. The van der Waals surface area contributed by atoms with Gasteiger partial charge in [-0.3, -0.25) is 4.79 Å². The Kier molecular flexibility index (Phi) is 11.3. The van der Waals surface area contributed by atoms with E-state index >= 15 is 0 Å². The Labute approximate surface area is 267 Å².